The average molecular weight is 316 g/mol. The molecule has 0 bridgehead atoms. The standard InChI is InChI=1S/C17H18BrN/c18-15-7-5-14(6-8-15)16-4-2-1-3-13(16)9-10-17(19)11-12-17/h1-8H,9-12,19H2. The zero-order valence-electron chi connectivity index (χ0n) is 10.9. The fourth-order valence-electron chi connectivity index (χ4n) is 2.44. The first-order valence-corrected chi connectivity index (χ1v) is 7.58. The van der Waals surface area contributed by atoms with Crippen molar-refractivity contribution < 1.29 is 0 Å². The van der Waals surface area contributed by atoms with E-state index in [4.69, 9.17) is 5.73 Å². The molecule has 2 aromatic carbocycles. The lowest BCUT2D eigenvalue weighted by Crippen LogP contribution is -2.22. The van der Waals surface area contributed by atoms with Crippen molar-refractivity contribution in [3.63, 3.8) is 0 Å². The summed E-state index contributed by atoms with van der Waals surface area (Å²) in [7, 11) is 0. The highest BCUT2D eigenvalue weighted by molar-refractivity contribution is 9.10. The van der Waals surface area contributed by atoms with Gasteiger partial charge in [0.2, 0.25) is 0 Å². The average Bonchev–Trinajstić information content (AvgIpc) is 3.16. The summed E-state index contributed by atoms with van der Waals surface area (Å²) in [5.41, 5.74) is 10.3. The smallest absolute Gasteiger partial charge is 0.0175 e. The van der Waals surface area contributed by atoms with E-state index in [9.17, 15) is 0 Å². The van der Waals surface area contributed by atoms with Crippen LogP contribution in [0.2, 0.25) is 0 Å². The molecule has 2 N–H and O–H groups in total. The minimum absolute atomic E-state index is 0.132. The van der Waals surface area contributed by atoms with Crippen LogP contribution in [0.3, 0.4) is 0 Å². The van der Waals surface area contributed by atoms with E-state index in [2.05, 4.69) is 64.5 Å². The van der Waals surface area contributed by atoms with Gasteiger partial charge in [0, 0.05) is 10.0 Å². The lowest BCUT2D eigenvalue weighted by atomic mass is 9.95. The van der Waals surface area contributed by atoms with Crippen LogP contribution in [-0.2, 0) is 6.42 Å². The molecule has 0 saturated heterocycles. The summed E-state index contributed by atoms with van der Waals surface area (Å²) < 4.78 is 1.12. The molecule has 0 atom stereocenters. The molecule has 0 unspecified atom stereocenters. The minimum atomic E-state index is 0.132. The molecule has 2 heteroatoms. The molecular formula is C17H18BrN. The van der Waals surface area contributed by atoms with Gasteiger partial charge in [0.15, 0.2) is 0 Å². The van der Waals surface area contributed by atoms with Gasteiger partial charge in [-0.2, -0.15) is 0 Å². The maximum atomic E-state index is 6.20. The molecular weight excluding hydrogens is 298 g/mol. The molecule has 1 aliphatic rings. The van der Waals surface area contributed by atoms with E-state index in [1.807, 2.05) is 0 Å². The Morgan fingerprint density at radius 2 is 1.68 bits per heavy atom. The molecule has 1 nitrogen and oxygen atoms in total. The lowest BCUT2D eigenvalue weighted by Gasteiger charge is -2.12. The van der Waals surface area contributed by atoms with Gasteiger partial charge < -0.3 is 5.73 Å². The van der Waals surface area contributed by atoms with E-state index >= 15 is 0 Å². The van der Waals surface area contributed by atoms with Crippen molar-refractivity contribution in [1.82, 2.24) is 0 Å². The van der Waals surface area contributed by atoms with Crippen molar-refractivity contribution in [1.29, 1.82) is 0 Å². The molecule has 0 amide bonds. The Morgan fingerprint density at radius 1 is 1.00 bits per heavy atom. The van der Waals surface area contributed by atoms with E-state index < -0.39 is 0 Å². The number of rotatable bonds is 4. The SMILES string of the molecule is NC1(CCc2ccccc2-c2ccc(Br)cc2)CC1. The van der Waals surface area contributed by atoms with Crippen molar-refractivity contribution in [3.05, 3.63) is 58.6 Å². The van der Waals surface area contributed by atoms with Crippen molar-refractivity contribution in [2.75, 3.05) is 0 Å². The van der Waals surface area contributed by atoms with Crippen LogP contribution in [0.4, 0.5) is 0 Å². The summed E-state index contributed by atoms with van der Waals surface area (Å²) in [4.78, 5) is 0. The first-order valence-electron chi connectivity index (χ1n) is 6.79. The van der Waals surface area contributed by atoms with E-state index in [1.165, 1.54) is 29.5 Å². The summed E-state index contributed by atoms with van der Waals surface area (Å²) in [6, 6.07) is 17.2. The summed E-state index contributed by atoms with van der Waals surface area (Å²) in [6.07, 6.45) is 4.55. The zero-order chi connectivity index (χ0) is 13.3. The molecule has 0 aliphatic heterocycles. The van der Waals surface area contributed by atoms with Crippen LogP contribution in [-0.4, -0.2) is 5.54 Å². The highest BCUT2D eigenvalue weighted by Gasteiger charge is 2.37. The first-order chi connectivity index (χ1) is 9.16. The van der Waals surface area contributed by atoms with E-state index in [0.29, 0.717) is 0 Å². The lowest BCUT2D eigenvalue weighted by molar-refractivity contribution is 0.609. The van der Waals surface area contributed by atoms with Crippen LogP contribution in [0, 0.1) is 0 Å². The van der Waals surface area contributed by atoms with Gasteiger partial charge in [-0.15, -0.1) is 0 Å². The fraction of sp³-hybridized carbons (Fsp3) is 0.294. The molecule has 98 valence electrons. The summed E-state index contributed by atoms with van der Waals surface area (Å²) >= 11 is 3.49. The van der Waals surface area contributed by atoms with Gasteiger partial charge in [-0.3, -0.25) is 0 Å². The topological polar surface area (TPSA) is 26.0 Å². The Labute approximate surface area is 123 Å². The minimum Gasteiger partial charge on any atom is -0.325 e. The number of aryl methyl sites for hydroxylation is 1. The summed E-state index contributed by atoms with van der Waals surface area (Å²) in [6.45, 7) is 0. The number of nitrogens with two attached hydrogens (primary N) is 1. The van der Waals surface area contributed by atoms with Gasteiger partial charge >= 0.3 is 0 Å². The predicted octanol–water partition coefficient (Wildman–Crippen LogP) is 4.54. The zero-order valence-corrected chi connectivity index (χ0v) is 12.5. The van der Waals surface area contributed by atoms with Crippen molar-refractivity contribution in [2.45, 2.75) is 31.2 Å². The van der Waals surface area contributed by atoms with Gasteiger partial charge in [-0.25, -0.2) is 0 Å². The molecule has 1 saturated carbocycles. The fourth-order valence-corrected chi connectivity index (χ4v) is 2.71. The van der Waals surface area contributed by atoms with Crippen molar-refractivity contribution in [3.8, 4) is 11.1 Å². The largest absolute Gasteiger partial charge is 0.325 e. The Hall–Kier alpha value is -1.12. The van der Waals surface area contributed by atoms with Crippen LogP contribution in [0.1, 0.15) is 24.8 Å². The predicted molar refractivity (Wildman–Crippen MR) is 84.1 cm³/mol. The van der Waals surface area contributed by atoms with Crippen LogP contribution in [0.25, 0.3) is 11.1 Å². The van der Waals surface area contributed by atoms with Gasteiger partial charge in [-0.05, 0) is 54.5 Å². The maximum absolute atomic E-state index is 6.20. The van der Waals surface area contributed by atoms with Crippen LogP contribution < -0.4 is 5.73 Å². The van der Waals surface area contributed by atoms with Gasteiger partial charge in [-0.1, -0.05) is 52.3 Å². The quantitative estimate of drug-likeness (QED) is 0.880. The number of halogens is 1. The third-order valence-electron chi connectivity index (χ3n) is 3.96. The van der Waals surface area contributed by atoms with Crippen LogP contribution in [0.5, 0.6) is 0 Å². The highest BCUT2D eigenvalue weighted by Crippen LogP contribution is 2.37. The first kappa shape index (κ1) is 12.9. The number of hydrogen-bond donors (Lipinski definition) is 1. The van der Waals surface area contributed by atoms with E-state index in [-0.39, 0.29) is 5.54 Å². The number of benzene rings is 2. The second kappa shape index (κ2) is 5.10. The molecule has 19 heavy (non-hydrogen) atoms. The Bertz CT molecular complexity index is 570. The van der Waals surface area contributed by atoms with Crippen LogP contribution in [0.15, 0.2) is 53.0 Å². The molecule has 0 heterocycles. The van der Waals surface area contributed by atoms with Gasteiger partial charge in [0.1, 0.15) is 0 Å². The van der Waals surface area contributed by atoms with Crippen LogP contribution >= 0.6 is 15.9 Å². The second-order valence-corrected chi connectivity index (χ2v) is 6.44. The van der Waals surface area contributed by atoms with E-state index in [1.54, 1.807) is 0 Å². The highest BCUT2D eigenvalue weighted by atomic mass is 79.9. The maximum Gasteiger partial charge on any atom is 0.0175 e. The van der Waals surface area contributed by atoms with Crippen molar-refractivity contribution in [2.24, 2.45) is 5.73 Å². The Balaban J connectivity index is 1.86. The molecule has 2 aromatic rings. The molecule has 0 radical (unpaired) electrons. The monoisotopic (exact) mass is 315 g/mol. The summed E-state index contributed by atoms with van der Waals surface area (Å²) in [5, 5.41) is 0. The normalized spacial score (nSPS) is 16.3. The van der Waals surface area contributed by atoms with Gasteiger partial charge in [0.25, 0.3) is 0 Å². The van der Waals surface area contributed by atoms with Crippen molar-refractivity contribution >= 4 is 15.9 Å². The Kier molecular flexibility index (Phi) is 3.46. The summed E-state index contributed by atoms with van der Waals surface area (Å²) in [5.74, 6) is 0. The molecule has 1 fully saturated rings. The molecule has 0 aromatic heterocycles. The van der Waals surface area contributed by atoms with E-state index in [0.717, 1.165) is 17.3 Å². The molecule has 3 rings (SSSR count). The number of hydrogen-bond acceptors (Lipinski definition) is 1. The third-order valence-corrected chi connectivity index (χ3v) is 4.49. The van der Waals surface area contributed by atoms with Gasteiger partial charge in [0.05, 0.1) is 0 Å². The Morgan fingerprint density at radius 3 is 2.37 bits per heavy atom. The third kappa shape index (κ3) is 3.07. The molecule has 1 aliphatic carbocycles. The second-order valence-electron chi connectivity index (χ2n) is 5.53. The molecule has 0 spiro atoms.